The number of hydrogen-bond donors (Lipinski definition) is 2. The molecule has 1 aromatic rings. The Morgan fingerprint density at radius 1 is 1.53 bits per heavy atom. The van der Waals surface area contributed by atoms with E-state index in [1.54, 1.807) is 0 Å². The summed E-state index contributed by atoms with van der Waals surface area (Å²) in [4.78, 5) is 11.1. The van der Waals surface area contributed by atoms with E-state index in [1.165, 1.54) is 12.1 Å². The summed E-state index contributed by atoms with van der Waals surface area (Å²) in [6.07, 6.45) is 3.34. The number of carboxylic acid groups (broad SMARTS) is 1. The van der Waals surface area contributed by atoms with Crippen molar-refractivity contribution in [2.24, 2.45) is 0 Å². The van der Waals surface area contributed by atoms with E-state index < -0.39 is 11.8 Å². The zero-order valence-corrected chi connectivity index (χ0v) is 11.7. The van der Waals surface area contributed by atoms with Crippen molar-refractivity contribution in [1.29, 1.82) is 0 Å². The molecule has 0 spiro atoms. The fourth-order valence-corrected chi connectivity index (χ4v) is 3.72. The number of benzene rings is 1. The van der Waals surface area contributed by atoms with Crippen molar-refractivity contribution < 1.29 is 14.3 Å². The highest BCUT2D eigenvalue weighted by Crippen LogP contribution is 2.32. The first-order chi connectivity index (χ1) is 9.11. The second-order valence-electron chi connectivity index (χ2n) is 4.67. The molecule has 0 amide bonds. The molecule has 5 heteroatoms. The third-order valence-electron chi connectivity index (χ3n) is 3.39. The van der Waals surface area contributed by atoms with Gasteiger partial charge in [-0.3, -0.25) is 0 Å². The normalized spacial score (nSPS) is 22.4. The number of carboxylic acids is 1. The van der Waals surface area contributed by atoms with Crippen LogP contribution in [0.3, 0.4) is 0 Å². The van der Waals surface area contributed by atoms with Crippen molar-refractivity contribution in [2.45, 2.75) is 37.5 Å². The van der Waals surface area contributed by atoms with Crippen molar-refractivity contribution in [2.75, 3.05) is 11.1 Å². The van der Waals surface area contributed by atoms with Gasteiger partial charge < -0.3 is 10.4 Å². The van der Waals surface area contributed by atoms with Gasteiger partial charge in [-0.25, -0.2) is 9.18 Å². The minimum atomic E-state index is -1.10. The first kappa shape index (κ1) is 14.2. The zero-order chi connectivity index (χ0) is 13.8. The highest BCUT2D eigenvalue weighted by molar-refractivity contribution is 7.99. The van der Waals surface area contributed by atoms with Crippen molar-refractivity contribution >= 4 is 23.4 Å². The van der Waals surface area contributed by atoms with E-state index in [2.05, 4.69) is 12.2 Å². The number of thioether (sulfide) groups is 1. The number of anilines is 1. The Morgan fingerprint density at radius 2 is 2.32 bits per heavy atom. The number of carbonyl (C=O) groups is 1. The molecule has 2 rings (SSSR count). The topological polar surface area (TPSA) is 49.3 Å². The SMILES string of the molecule is CCSC1CCCC1Nc1ccc(F)cc1C(=O)O. The van der Waals surface area contributed by atoms with Gasteiger partial charge >= 0.3 is 5.97 Å². The molecule has 0 aromatic heterocycles. The number of nitrogens with one attached hydrogen (secondary N) is 1. The first-order valence-electron chi connectivity index (χ1n) is 6.52. The number of rotatable bonds is 5. The molecule has 1 aliphatic carbocycles. The van der Waals surface area contributed by atoms with Crippen LogP contribution in [0.5, 0.6) is 0 Å². The Labute approximate surface area is 116 Å². The maximum atomic E-state index is 13.1. The van der Waals surface area contributed by atoms with Gasteiger partial charge in [0.1, 0.15) is 5.82 Å². The molecule has 104 valence electrons. The summed E-state index contributed by atoms with van der Waals surface area (Å²) in [6.45, 7) is 2.13. The van der Waals surface area contributed by atoms with Crippen LogP contribution >= 0.6 is 11.8 Å². The van der Waals surface area contributed by atoms with Crippen LogP contribution in [0.1, 0.15) is 36.5 Å². The van der Waals surface area contributed by atoms with Gasteiger partial charge in [0.2, 0.25) is 0 Å². The van der Waals surface area contributed by atoms with Crippen LogP contribution in [-0.2, 0) is 0 Å². The largest absolute Gasteiger partial charge is 0.478 e. The molecular weight excluding hydrogens is 265 g/mol. The van der Waals surface area contributed by atoms with Gasteiger partial charge in [0.15, 0.2) is 0 Å². The molecule has 2 N–H and O–H groups in total. The van der Waals surface area contributed by atoms with Crippen molar-refractivity contribution in [3.63, 3.8) is 0 Å². The predicted molar refractivity (Wildman–Crippen MR) is 76.5 cm³/mol. The smallest absolute Gasteiger partial charge is 0.337 e. The van der Waals surface area contributed by atoms with E-state index in [0.717, 1.165) is 31.1 Å². The van der Waals surface area contributed by atoms with Gasteiger partial charge in [0.05, 0.1) is 5.56 Å². The van der Waals surface area contributed by atoms with Gasteiger partial charge in [-0.2, -0.15) is 11.8 Å². The van der Waals surface area contributed by atoms with E-state index in [0.29, 0.717) is 10.9 Å². The molecule has 19 heavy (non-hydrogen) atoms. The van der Waals surface area contributed by atoms with Crippen LogP contribution in [0, 0.1) is 5.82 Å². The van der Waals surface area contributed by atoms with Gasteiger partial charge in [0.25, 0.3) is 0 Å². The molecule has 2 unspecified atom stereocenters. The minimum absolute atomic E-state index is 0.00662. The van der Waals surface area contributed by atoms with Gasteiger partial charge in [-0.1, -0.05) is 13.3 Å². The summed E-state index contributed by atoms with van der Waals surface area (Å²) in [5, 5.41) is 12.9. The Kier molecular flexibility index (Phi) is 4.69. The number of hydrogen-bond acceptors (Lipinski definition) is 3. The quantitative estimate of drug-likeness (QED) is 0.866. The van der Waals surface area contributed by atoms with Gasteiger partial charge in [-0.05, 0) is 36.8 Å². The monoisotopic (exact) mass is 283 g/mol. The van der Waals surface area contributed by atoms with Crippen LogP contribution in [0.2, 0.25) is 0 Å². The molecule has 0 saturated heterocycles. The third kappa shape index (κ3) is 3.41. The highest BCUT2D eigenvalue weighted by Gasteiger charge is 2.28. The number of aromatic carboxylic acids is 1. The highest BCUT2D eigenvalue weighted by atomic mass is 32.2. The van der Waals surface area contributed by atoms with E-state index in [-0.39, 0.29) is 11.6 Å². The van der Waals surface area contributed by atoms with Crippen LogP contribution in [0.4, 0.5) is 10.1 Å². The van der Waals surface area contributed by atoms with Crippen molar-refractivity contribution in [3.05, 3.63) is 29.6 Å². The molecule has 1 aliphatic rings. The lowest BCUT2D eigenvalue weighted by Gasteiger charge is -2.22. The second kappa shape index (κ2) is 6.28. The average molecular weight is 283 g/mol. The van der Waals surface area contributed by atoms with Gasteiger partial charge in [-0.15, -0.1) is 0 Å². The summed E-state index contributed by atoms with van der Waals surface area (Å²) in [6, 6.07) is 4.16. The van der Waals surface area contributed by atoms with Crippen LogP contribution < -0.4 is 5.32 Å². The Balaban J connectivity index is 2.16. The Hall–Kier alpha value is -1.23. The van der Waals surface area contributed by atoms with Crippen LogP contribution in [0.25, 0.3) is 0 Å². The van der Waals surface area contributed by atoms with Gasteiger partial charge in [0, 0.05) is 17.0 Å². The standard InChI is InChI=1S/C14H18FNO2S/c1-2-19-13-5-3-4-12(13)16-11-7-6-9(15)8-10(11)14(17)18/h6-8,12-13,16H,2-5H2,1H3,(H,17,18). The molecule has 1 fully saturated rings. The molecule has 3 nitrogen and oxygen atoms in total. The van der Waals surface area contributed by atoms with E-state index in [1.807, 2.05) is 11.8 Å². The lowest BCUT2D eigenvalue weighted by Crippen LogP contribution is -2.27. The summed E-state index contributed by atoms with van der Waals surface area (Å²) < 4.78 is 13.1. The molecular formula is C14H18FNO2S. The summed E-state index contributed by atoms with van der Waals surface area (Å²) in [5.41, 5.74) is 0.523. The maximum absolute atomic E-state index is 13.1. The molecule has 0 radical (unpaired) electrons. The molecule has 0 aliphatic heterocycles. The lowest BCUT2D eigenvalue weighted by atomic mass is 10.1. The van der Waals surface area contributed by atoms with E-state index >= 15 is 0 Å². The summed E-state index contributed by atoms with van der Waals surface area (Å²) in [5.74, 6) is -0.563. The van der Waals surface area contributed by atoms with E-state index in [9.17, 15) is 9.18 Å². The Bertz CT molecular complexity index is 467. The second-order valence-corrected chi connectivity index (χ2v) is 6.19. The molecule has 2 atom stereocenters. The third-order valence-corrected chi connectivity index (χ3v) is 4.71. The lowest BCUT2D eigenvalue weighted by molar-refractivity contribution is 0.0697. The fourth-order valence-electron chi connectivity index (χ4n) is 2.52. The van der Waals surface area contributed by atoms with E-state index in [4.69, 9.17) is 5.11 Å². The first-order valence-corrected chi connectivity index (χ1v) is 7.57. The molecule has 0 bridgehead atoms. The average Bonchev–Trinajstić information content (AvgIpc) is 2.79. The number of halogens is 1. The molecule has 1 aromatic carbocycles. The van der Waals surface area contributed by atoms with Crippen molar-refractivity contribution in [3.8, 4) is 0 Å². The van der Waals surface area contributed by atoms with Crippen LogP contribution in [0.15, 0.2) is 18.2 Å². The Morgan fingerprint density at radius 3 is 3.00 bits per heavy atom. The molecule has 0 heterocycles. The maximum Gasteiger partial charge on any atom is 0.337 e. The fraction of sp³-hybridized carbons (Fsp3) is 0.500. The molecule has 1 saturated carbocycles. The summed E-state index contributed by atoms with van der Waals surface area (Å²) in [7, 11) is 0. The minimum Gasteiger partial charge on any atom is -0.478 e. The van der Waals surface area contributed by atoms with Crippen LogP contribution in [-0.4, -0.2) is 28.1 Å². The summed E-state index contributed by atoms with van der Waals surface area (Å²) >= 11 is 1.90. The van der Waals surface area contributed by atoms with Crippen molar-refractivity contribution in [1.82, 2.24) is 0 Å². The zero-order valence-electron chi connectivity index (χ0n) is 10.9. The predicted octanol–water partition coefficient (Wildman–Crippen LogP) is 3.61.